The van der Waals surface area contributed by atoms with Crippen LogP contribution in [0.3, 0.4) is 0 Å². The van der Waals surface area contributed by atoms with Gasteiger partial charge in [0.15, 0.2) is 5.82 Å². The van der Waals surface area contributed by atoms with Gasteiger partial charge in [0.2, 0.25) is 5.91 Å². The second kappa shape index (κ2) is 10.8. The largest absolute Gasteiger partial charge is 0.461 e. The molecule has 9 nitrogen and oxygen atoms in total. The van der Waals surface area contributed by atoms with Crippen molar-refractivity contribution in [2.75, 3.05) is 57.4 Å². The molecule has 1 amide bonds. The van der Waals surface area contributed by atoms with Crippen LogP contribution >= 0.6 is 11.6 Å². The number of carbonyl (C=O) groups excluding carboxylic acids is 1. The fourth-order valence-corrected chi connectivity index (χ4v) is 8.22. The van der Waals surface area contributed by atoms with Crippen LogP contribution in [0.25, 0.3) is 22.2 Å². The smallest absolute Gasteiger partial charge is 0.319 e. The molecule has 2 aromatic heterocycles. The molecule has 1 aliphatic carbocycles. The number of ether oxygens (including phenoxy) is 2. The van der Waals surface area contributed by atoms with E-state index in [9.17, 15) is 9.18 Å². The summed E-state index contributed by atoms with van der Waals surface area (Å²) in [6.45, 7) is 7.20. The Morgan fingerprint density at radius 3 is 2.82 bits per heavy atom. The fourth-order valence-electron chi connectivity index (χ4n) is 7.89. The van der Waals surface area contributed by atoms with Crippen LogP contribution in [0.2, 0.25) is 5.02 Å². The lowest BCUT2D eigenvalue weighted by molar-refractivity contribution is -0.164. The molecule has 0 unspecified atom stereocenters. The molecule has 2 atom stereocenters. The highest BCUT2D eigenvalue weighted by Crippen LogP contribution is 2.48. The number of nitrogens with zero attached hydrogens (tertiary/aromatic N) is 6. The van der Waals surface area contributed by atoms with Crippen LogP contribution in [-0.2, 0) is 9.53 Å². The molecule has 0 bridgehead atoms. The molecule has 1 saturated carbocycles. The molecular formula is C33H35ClF2N6O3. The molecule has 0 radical (unpaired) electrons. The average Bonchev–Trinajstić information content (AvgIpc) is 3.71. The predicted octanol–water partition coefficient (Wildman–Crippen LogP) is 4.92. The summed E-state index contributed by atoms with van der Waals surface area (Å²) in [5, 5.41) is 1.05. The van der Waals surface area contributed by atoms with E-state index in [2.05, 4.69) is 21.4 Å². The highest BCUT2D eigenvalue weighted by atomic mass is 35.5. The summed E-state index contributed by atoms with van der Waals surface area (Å²) in [5.41, 5.74) is 0.897. The van der Waals surface area contributed by atoms with Crippen LogP contribution in [0.4, 0.5) is 14.6 Å². The van der Waals surface area contributed by atoms with Crippen molar-refractivity contribution in [1.29, 1.82) is 0 Å². The van der Waals surface area contributed by atoms with Gasteiger partial charge < -0.3 is 19.3 Å². The molecule has 5 aliphatic rings. The Morgan fingerprint density at radius 1 is 1.22 bits per heavy atom. The van der Waals surface area contributed by atoms with Crippen molar-refractivity contribution in [3.63, 3.8) is 0 Å². The van der Waals surface area contributed by atoms with E-state index in [-0.39, 0.29) is 35.7 Å². The molecular weight excluding hydrogens is 602 g/mol. The Bertz CT molecular complexity index is 1700. The summed E-state index contributed by atoms with van der Waals surface area (Å²) in [6, 6.07) is 5.53. The van der Waals surface area contributed by atoms with E-state index in [4.69, 9.17) is 26.1 Å². The van der Waals surface area contributed by atoms with Gasteiger partial charge in [0.1, 0.15) is 35.3 Å². The molecule has 4 aliphatic heterocycles. The topological polar surface area (TPSA) is 83.9 Å². The zero-order valence-corrected chi connectivity index (χ0v) is 25.7. The van der Waals surface area contributed by atoms with Gasteiger partial charge >= 0.3 is 6.01 Å². The molecule has 45 heavy (non-hydrogen) atoms. The lowest BCUT2D eigenvalue weighted by Crippen LogP contribution is -2.72. The number of fused-ring (bicyclic) bond motifs is 2. The van der Waals surface area contributed by atoms with E-state index in [1.807, 2.05) is 23.1 Å². The van der Waals surface area contributed by atoms with Crippen molar-refractivity contribution < 1.29 is 23.0 Å². The van der Waals surface area contributed by atoms with Crippen molar-refractivity contribution in [2.24, 2.45) is 0 Å². The lowest BCUT2D eigenvalue weighted by atomic mass is 9.91. The van der Waals surface area contributed by atoms with Gasteiger partial charge in [-0.3, -0.25) is 14.7 Å². The normalized spacial score (nSPS) is 25.9. The van der Waals surface area contributed by atoms with E-state index >= 15 is 4.39 Å². The first-order chi connectivity index (χ1) is 21.8. The van der Waals surface area contributed by atoms with Crippen molar-refractivity contribution >= 4 is 34.2 Å². The number of amides is 1. The molecule has 12 heteroatoms. The minimum atomic E-state index is -0.901. The average molecular weight is 637 g/mol. The second-order valence-corrected chi connectivity index (χ2v) is 13.6. The first-order valence-corrected chi connectivity index (χ1v) is 16.1. The highest BCUT2D eigenvalue weighted by Gasteiger charge is 2.51. The predicted molar refractivity (Wildman–Crippen MR) is 166 cm³/mol. The maximum Gasteiger partial charge on any atom is 0.319 e. The first kappa shape index (κ1) is 29.0. The summed E-state index contributed by atoms with van der Waals surface area (Å²) >= 11 is 6.61. The van der Waals surface area contributed by atoms with Crippen molar-refractivity contribution in [1.82, 2.24) is 24.8 Å². The maximum absolute atomic E-state index is 16.7. The van der Waals surface area contributed by atoms with Gasteiger partial charge in [0.25, 0.3) is 0 Å². The van der Waals surface area contributed by atoms with E-state index in [1.54, 1.807) is 11.1 Å². The minimum absolute atomic E-state index is 0.0362. The molecule has 1 spiro atoms. The molecule has 0 N–H and O–H groups in total. The fraction of sp³-hybridized carbons (Fsp3) is 0.515. The number of pyridine rings is 1. The van der Waals surface area contributed by atoms with Crippen LogP contribution in [0, 0.1) is 5.82 Å². The Balaban J connectivity index is 1.21. The zero-order valence-electron chi connectivity index (χ0n) is 25.0. The molecule has 8 rings (SSSR count). The van der Waals surface area contributed by atoms with Crippen molar-refractivity contribution in [2.45, 2.75) is 55.3 Å². The van der Waals surface area contributed by atoms with Gasteiger partial charge in [-0.2, -0.15) is 9.97 Å². The van der Waals surface area contributed by atoms with Gasteiger partial charge in [0.05, 0.1) is 24.1 Å². The zero-order chi connectivity index (χ0) is 30.9. The third-order valence-corrected chi connectivity index (χ3v) is 10.6. The Labute approximate surface area is 265 Å². The number of carbonyl (C=O) groups is 1. The van der Waals surface area contributed by atoms with Crippen LogP contribution in [0.15, 0.2) is 37.1 Å². The quantitative estimate of drug-likeness (QED) is 0.338. The second-order valence-electron chi connectivity index (χ2n) is 13.2. The summed E-state index contributed by atoms with van der Waals surface area (Å²) < 4.78 is 43.1. The van der Waals surface area contributed by atoms with E-state index < -0.39 is 23.1 Å². The molecule has 1 aromatic carbocycles. The van der Waals surface area contributed by atoms with Crippen LogP contribution < -0.4 is 9.64 Å². The highest BCUT2D eigenvalue weighted by molar-refractivity contribution is 6.32. The Hall–Kier alpha value is -3.41. The van der Waals surface area contributed by atoms with Gasteiger partial charge in [-0.05, 0) is 55.9 Å². The van der Waals surface area contributed by atoms with E-state index in [1.165, 1.54) is 6.08 Å². The van der Waals surface area contributed by atoms with E-state index in [0.29, 0.717) is 67.6 Å². The number of aromatic nitrogens is 3. The molecule has 236 valence electrons. The summed E-state index contributed by atoms with van der Waals surface area (Å²) in [4.78, 5) is 32.8. The third-order valence-electron chi connectivity index (χ3n) is 10.3. The van der Waals surface area contributed by atoms with Crippen molar-refractivity contribution in [3.8, 4) is 17.3 Å². The van der Waals surface area contributed by atoms with Gasteiger partial charge in [-0.15, -0.1) is 0 Å². The summed E-state index contributed by atoms with van der Waals surface area (Å²) in [5.74, 6) is 0.0370. The Morgan fingerprint density at radius 2 is 2.07 bits per heavy atom. The van der Waals surface area contributed by atoms with Gasteiger partial charge in [0, 0.05) is 49.4 Å². The SMILES string of the molecule is C=CC(=O)N1CCN(c2nc(OC[C@@]34CCCN3C[C@H](F)C4)nc3c(F)c(-c4cccc(Cl)c4C4CC4)ncc23)CC12COC2. The molecule has 6 heterocycles. The minimum Gasteiger partial charge on any atom is -0.461 e. The third kappa shape index (κ3) is 4.77. The Kier molecular flexibility index (Phi) is 6.99. The molecule has 3 aromatic rings. The molecule has 4 saturated heterocycles. The van der Waals surface area contributed by atoms with Crippen LogP contribution in [0.1, 0.15) is 43.6 Å². The van der Waals surface area contributed by atoms with Crippen LogP contribution in [0.5, 0.6) is 6.01 Å². The number of hydrogen-bond donors (Lipinski definition) is 0. The number of benzene rings is 1. The lowest BCUT2D eigenvalue weighted by Gasteiger charge is -2.55. The molecule has 5 fully saturated rings. The monoisotopic (exact) mass is 636 g/mol. The number of hydrogen-bond acceptors (Lipinski definition) is 8. The van der Waals surface area contributed by atoms with Gasteiger partial charge in [-0.25, -0.2) is 8.78 Å². The van der Waals surface area contributed by atoms with E-state index in [0.717, 1.165) is 37.8 Å². The number of rotatable bonds is 7. The number of halogens is 3. The number of alkyl halides is 1. The maximum atomic E-state index is 16.7. The van der Waals surface area contributed by atoms with Gasteiger partial charge in [-0.1, -0.05) is 30.3 Å². The number of anilines is 1. The first-order valence-electron chi connectivity index (χ1n) is 15.7. The standard InChI is InChI=1S/C33H35ClF2N6O3/c1-2-25(43)42-12-11-40(16-33(42)17-44-18-33)30-23-14-37-28(22-5-3-6-24(34)26(22)20-7-8-20)27(36)29(23)38-31(39-30)45-19-32-9-4-10-41(32)15-21(35)13-32/h2-3,5-6,14,20-21H,1,4,7-13,15-19H2/t21-,32+/m1/s1. The summed E-state index contributed by atoms with van der Waals surface area (Å²) in [6.07, 6.45) is 6.25. The van der Waals surface area contributed by atoms with Crippen LogP contribution in [-0.4, -0.2) is 100 Å². The summed E-state index contributed by atoms with van der Waals surface area (Å²) in [7, 11) is 0. The number of piperazine rings is 1. The van der Waals surface area contributed by atoms with Crippen molar-refractivity contribution in [3.05, 3.63) is 53.5 Å².